The highest BCUT2D eigenvalue weighted by Gasteiger charge is 2.26. The summed E-state index contributed by atoms with van der Waals surface area (Å²) in [6, 6.07) is 10.1. The molecule has 1 aliphatic heterocycles. The van der Waals surface area contributed by atoms with E-state index in [1.165, 1.54) is 12.1 Å². The number of carbonyl (C=O) groups is 1. The first-order valence-corrected chi connectivity index (χ1v) is 8.61. The third kappa shape index (κ3) is 4.35. The molecule has 0 saturated carbocycles. The second-order valence-electron chi connectivity index (χ2n) is 5.86. The van der Waals surface area contributed by atoms with Gasteiger partial charge in [0, 0.05) is 19.2 Å². The van der Waals surface area contributed by atoms with Crippen molar-refractivity contribution in [3.05, 3.63) is 63.2 Å². The molecule has 1 heterocycles. The average Bonchev–Trinajstić information content (AvgIpc) is 2.70. The summed E-state index contributed by atoms with van der Waals surface area (Å²) in [6.45, 7) is 3.80. The zero-order valence-electron chi connectivity index (χ0n) is 14.9. The molecule has 1 aliphatic rings. The van der Waals surface area contributed by atoms with Gasteiger partial charge in [0.2, 0.25) is 0 Å². The van der Waals surface area contributed by atoms with E-state index in [0.717, 1.165) is 11.1 Å². The smallest absolute Gasteiger partial charge is 0.286 e. The van der Waals surface area contributed by atoms with Crippen LogP contribution in [0.5, 0.6) is 11.5 Å². The van der Waals surface area contributed by atoms with Crippen LogP contribution < -0.4 is 14.8 Å². The Morgan fingerprint density at radius 1 is 1.19 bits per heavy atom. The van der Waals surface area contributed by atoms with E-state index in [4.69, 9.17) is 14.2 Å². The second-order valence-corrected chi connectivity index (χ2v) is 5.86. The third-order valence-corrected chi connectivity index (χ3v) is 4.12. The molecule has 8 nitrogen and oxygen atoms in total. The van der Waals surface area contributed by atoms with Gasteiger partial charge in [-0.15, -0.1) is 0 Å². The van der Waals surface area contributed by atoms with Crippen LogP contribution in [0.25, 0.3) is 0 Å². The highest BCUT2D eigenvalue weighted by molar-refractivity contribution is 5.99. The van der Waals surface area contributed by atoms with Gasteiger partial charge in [-0.1, -0.05) is 24.3 Å². The quantitative estimate of drug-likeness (QED) is 0.593. The Morgan fingerprint density at radius 3 is 2.52 bits per heavy atom. The van der Waals surface area contributed by atoms with E-state index in [0.29, 0.717) is 32.2 Å². The van der Waals surface area contributed by atoms with Crippen molar-refractivity contribution in [2.75, 3.05) is 19.8 Å². The summed E-state index contributed by atoms with van der Waals surface area (Å²) in [6.07, 6.45) is 0. The van der Waals surface area contributed by atoms with E-state index in [1.807, 2.05) is 31.2 Å². The summed E-state index contributed by atoms with van der Waals surface area (Å²) in [5, 5.41) is 14.1. The molecule has 0 radical (unpaired) electrons. The van der Waals surface area contributed by atoms with Gasteiger partial charge in [-0.05, 0) is 18.1 Å². The summed E-state index contributed by atoms with van der Waals surface area (Å²) in [5.41, 5.74) is 1.46. The van der Waals surface area contributed by atoms with Crippen LogP contribution in [0.15, 0.2) is 36.4 Å². The van der Waals surface area contributed by atoms with Crippen molar-refractivity contribution in [2.24, 2.45) is 0 Å². The van der Waals surface area contributed by atoms with Gasteiger partial charge < -0.3 is 19.5 Å². The number of hydrogen-bond donors (Lipinski definition) is 1. The fourth-order valence-electron chi connectivity index (χ4n) is 2.76. The van der Waals surface area contributed by atoms with Crippen LogP contribution in [-0.2, 0) is 17.9 Å². The van der Waals surface area contributed by atoms with Gasteiger partial charge in [-0.2, -0.15) is 0 Å². The minimum Gasteiger partial charge on any atom is -0.486 e. The van der Waals surface area contributed by atoms with Crippen LogP contribution in [0, 0.1) is 10.1 Å². The Bertz CT molecular complexity index is 852. The van der Waals surface area contributed by atoms with Gasteiger partial charge in [0.1, 0.15) is 18.8 Å². The first-order chi connectivity index (χ1) is 13.1. The number of benzene rings is 2. The highest BCUT2D eigenvalue weighted by Crippen LogP contribution is 2.36. The van der Waals surface area contributed by atoms with Gasteiger partial charge in [-0.25, -0.2) is 0 Å². The lowest BCUT2D eigenvalue weighted by Gasteiger charge is -2.19. The van der Waals surface area contributed by atoms with E-state index in [9.17, 15) is 14.9 Å². The van der Waals surface area contributed by atoms with E-state index >= 15 is 0 Å². The van der Waals surface area contributed by atoms with Crippen LogP contribution in [0.3, 0.4) is 0 Å². The first-order valence-electron chi connectivity index (χ1n) is 8.61. The lowest BCUT2D eigenvalue weighted by atomic mass is 10.1. The van der Waals surface area contributed by atoms with Crippen molar-refractivity contribution in [3.8, 4) is 11.5 Å². The van der Waals surface area contributed by atoms with Crippen LogP contribution in [0.4, 0.5) is 5.69 Å². The maximum Gasteiger partial charge on any atom is 0.286 e. The Kier molecular flexibility index (Phi) is 5.87. The molecule has 0 unspecified atom stereocenters. The number of nitrogens with one attached hydrogen (secondary N) is 1. The molecule has 0 saturated heterocycles. The zero-order valence-corrected chi connectivity index (χ0v) is 14.9. The third-order valence-electron chi connectivity index (χ3n) is 4.12. The van der Waals surface area contributed by atoms with E-state index < -0.39 is 10.8 Å². The van der Waals surface area contributed by atoms with Gasteiger partial charge in [0.15, 0.2) is 11.5 Å². The van der Waals surface area contributed by atoms with Crippen molar-refractivity contribution in [1.82, 2.24) is 5.32 Å². The standard InChI is InChI=1S/C19H20N2O6/c1-2-25-12-14-6-4-3-5-13(14)11-20-19(22)15-9-17-18(27-8-7-26-17)10-16(15)21(23)24/h3-6,9-10H,2,7-8,11-12H2,1H3,(H,20,22). The van der Waals surface area contributed by atoms with Crippen LogP contribution in [0.2, 0.25) is 0 Å². The summed E-state index contributed by atoms with van der Waals surface area (Å²) < 4.78 is 16.2. The number of amides is 1. The molecule has 0 atom stereocenters. The van der Waals surface area contributed by atoms with Crippen molar-refractivity contribution in [1.29, 1.82) is 0 Å². The monoisotopic (exact) mass is 372 g/mol. The Morgan fingerprint density at radius 2 is 1.85 bits per heavy atom. The Hall–Kier alpha value is -3.13. The number of hydrogen-bond acceptors (Lipinski definition) is 6. The average molecular weight is 372 g/mol. The molecular formula is C19H20N2O6. The zero-order chi connectivity index (χ0) is 19.2. The van der Waals surface area contributed by atoms with E-state index in [2.05, 4.69) is 5.32 Å². The van der Waals surface area contributed by atoms with Crippen LogP contribution >= 0.6 is 0 Å². The molecule has 3 rings (SSSR count). The molecule has 8 heteroatoms. The SMILES string of the molecule is CCOCc1ccccc1CNC(=O)c1cc2c(cc1[N+](=O)[O-])OCCO2. The number of rotatable bonds is 7. The summed E-state index contributed by atoms with van der Waals surface area (Å²) in [4.78, 5) is 23.4. The predicted octanol–water partition coefficient (Wildman–Crippen LogP) is 2.83. The minimum atomic E-state index is -0.601. The van der Waals surface area contributed by atoms with Crippen LogP contribution in [0.1, 0.15) is 28.4 Å². The molecule has 0 aromatic heterocycles. The van der Waals surface area contributed by atoms with Crippen LogP contribution in [-0.4, -0.2) is 30.7 Å². The topological polar surface area (TPSA) is 99.9 Å². The van der Waals surface area contributed by atoms with E-state index in [1.54, 1.807) is 0 Å². The maximum absolute atomic E-state index is 12.6. The fourth-order valence-corrected chi connectivity index (χ4v) is 2.76. The van der Waals surface area contributed by atoms with Crippen molar-refractivity contribution >= 4 is 11.6 Å². The summed E-state index contributed by atoms with van der Waals surface area (Å²) in [7, 11) is 0. The molecule has 27 heavy (non-hydrogen) atoms. The highest BCUT2D eigenvalue weighted by atomic mass is 16.6. The van der Waals surface area contributed by atoms with Gasteiger partial charge in [0.25, 0.3) is 11.6 Å². The molecule has 0 bridgehead atoms. The lowest BCUT2D eigenvalue weighted by Crippen LogP contribution is -2.25. The normalized spacial score (nSPS) is 12.5. The molecule has 2 aromatic carbocycles. The second kappa shape index (κ2) is 8.50. The maximum atomic E-state index is 12.6. The Balaban J connectivity index is 1.79. The molecule has 2 aromatic rings. The molecule has 142 valence electrons. The largest absolute Gasteiger partial charge is 0.486 e. The predicted molar refractivity (Wildman–Crippen MR) is 97.0 cm³/mol. The summed E-state index contributed by atoms with van der Waals surface area (Å²) in [5.74, 6) is 0.0465. The lowest BCUT2D eigenvalue weighted by molar-refractivity contribution is -0.385. The number of carbonyl (C=O) groups excluding carboxylic acids is 1. The van der Waals surface area contributed by atoms with Crippen molar-refractivity contribution in [2.45, 2.75) is 20.1 Å². The minimum absolute atomic E-state index is 0.0634. The molecule has 0 spiro atoms. The first kappa shape index (κ1) is 18.7. The number of nitro groups is 1. The van der Waals surface area contributed by atoms with Gasteiger partial charge in [0.05, 0.1) is 17.6 Å². The molecule has 1 amide bonds. The van der Waals surface area contributed by atoms with Crippen molar-refractivity contribution < 1.29 is 23.9 Å². The number of nitro benzene ring substituents is 1. The molecule has 1 N–H and O–H groups in total. The number of fused-ring (bicyclic) bond motifs is 1. The summed E-state index contributed by atoms with van der Waals surface area (Å²) >= 11 is 0. The van der Waals surface area contributed by atoms with Gasteiger partial charge in [-0.3, -0.25) is 14.9 Å². The Labute approximate surface area is 156 Å². The molecular weight excluding hydrogens is 352 g/mol. The van der Waals surface area contributed by atoms with Crippen molar-refractivity contribution in [3.63, 3.8) is 0 Å². The number of ether oxygens (including phenoxy) is 3. The fraction of sp³-hybridized carbons (Fsp3) is 0.316. The van der Waals surface area contributed by atoms with Gasteiger partial charge >= 0.3 is 0 Å². The molecule has 0 aliphatic carbocycles. The molecule has 0 fully saturated rings. The van der Waals surface area contributed by atoms with E-state index in [-0.39, 0.29) is 23.5 Å². The number of nitrogens with zero attached hydrogens (tertiary/aromatic N) is 1.